The van der Waals surface area contributed by atoms with Crippen molar-refractivity contribution in [3.8, 4) is 17.2 Å². The van der Waals surface area contributed by atoms with Crippen LogP contribution in [0, 0.1) is 35.3 Å². The van der Waals surface area contributed by atoms with Crippen LogP contribution in [0.2, 0.25) is 5.02 Å². The molecule has 1 saturated carbocycles. The third-order valence-corrected chi connectivity index (χ3v) is 12.9. The molecule has 4 amide bonds. The number of hydrazine groups is 1. The summed E-state index contributed by atoms with van der Waals surface area (Å²) in [6.45, 7) is 0. The van der Waals surface area contributed by atoms with Crippen molar-refractivity contribution in [1.29, 1.82) is 0 Å². The first-order valence-corrected chi connectivity index (χ1v) is 20.0. The first-order chi connectivity index (χ1) is 29.4. The number of nitrogens with zero attached hydrogens (tertiary/aromatic N) is 2. The van der Waals surface area contributed by atoms with E-state index in [-0.39, 0.29) is 24.4 Å². The number of hydrogen-bond acceptors (Lipinski definition) is 8. The van der Waals surface area contributed by atoms with Crippen molar-refractivity contribution in [2.24, 2.45) is 23.7 Å². The Morgan fingerprint density at radius 2 is 1.54 bits per heavy atom. The Bertz CT molecular complexity index is 2670. The third kappa shape index (κ3) is 6.44. The van der Waals surface area contributed by atoms with Gasteiger partial charge in [0.05, 0.1) is 48.8 Å². The number of carbonyl (C=O) groups is 4. The lowest BCUT2D eigenvalue weighted by atomic mass is 9.49. The zero-order chi connectivity index (χ0) is 42.7. The van der Waals surface area contributed by atoms with Crippen LogP contribution >= 0.6 is 11.6 Å². The Balaban J connectivity index is 1.11. The van der Waals surface area contributed by atoms with E-state index in [4.69, 9.17) is 21.1 Å². The van der Waals surface area contributed by atoms with Gasteiger partial charge >= 0.3 is 0 Å². The number of amides is 4. The fraction of sp³-hybridized carbons (Fsp3) is 0.208. The molecule has 2 aliphatic carbocycles. The molecular formula is C48H38ClF2N3O7. The van der Waals surface area contributed by atoms with Crippen molar-refractivity contribution < 1.29 is 42.5 Å². The zero-order valence-electron chi connectivity index (χ0n) is 32.9. The van der Waals surface area contributed by atoms with Crippen molar-refractivity contribution in [3.63, 3.8) is 0 Å². The average molecular weight is 842 g/mol. The average Bonchev–Trinajstić information content (AvgIpc) is 3.65. The largest absolute Gasteiger partial charge is 0.505 e. The molecule has 2 aliphatic heterocycles. The minimum Gasteiger partial charge on any atom is -0.505 e. The summed E-state index contributed by atoms with van der Waals surface area (Å²) in [4.78, 5) is 60.4. The highest BCUT2D eigenvalue weighted by molar-refractivity contribution is 6.30. The molecule has 10 nitrogen and oxygen atoms in total. The number of hydrogen-bond donors (Lipinski definition) is 2. The van der Waals surface area contributed by atoms with E-state index < -0.39 is 70.1 Å². The van der Waals surface area contributed by atoms with Gasteiger partial charge in [-0.15, -0.1) is 0 Å². The Labute approximate surface area is 354 Å². The van der Waals surface area contributed by atoms with Crippen LogP contribution < -0.4 is 19.8 Å². The first kappa shape index (κ1) is 39.7. The number of benzene rings is 5. The monoisotopic (exact) mass is 841 g/mol. The molecule has 0 radical (unpaired) electrons. The van der Waals surface area contributed by atoms with Gasteiger partial charge in [-0.3, -0.25) is 29.5 Å². The molecule has 0 aromatic heterocycles. The summed E-state index contributed by atoms with van der Waals surface area (Å²) < 4.78 is 40.2. The molecule has 9 rings (SSSR count). The molecule has 5 aromatic rings. The number of ether oxygens (including phenoxy) is 2. The van der Waals surface area contributed by atoms with Crippen molar-refractivity contribution in [2.75, 3.05) is 24.5 Å². The van der Waals surface area contributed by atoms with Crippen LogP contribution in [-0.2, 0) is 24.6 Å². The topological polar surface area (TPSA) is 125 Å². The highest BCUT2D eigenvalue weighted by Crippen LogP contribution is 2.64. The number of halogens is 3. The maximum Gasteiger partial charge on any atom is 0.260 e. The second-order valence-electron chi connectivity index (χ2n) is 15.6. The van der Waals surface area contributed by atoms with E-state index in [1.807, 2.05) is 30.4 Å². The van der Waals surface area contributed by atoms with Crippen LogP contribution in [0.1, 0.15) is 41.0 Å². The predicted molar refractivity (Wildman–Crippen MR) is 224 cm³/mol. The number of aromatic hydroxyl groups is 1. The van der Waals surface area contributed by atoms with Gasteiger partial charge in [0.1, 0.15) is 17.3 Å². The van der Waals surface area contributed by atoms with Gasteiger partial charge in [-0.2, -0.15) is 5.01 Å². The normalized spacial score (nSPS) is 24.4. The highest BCUT2D eigenvalue weighted by Gasteiger charge is 2.70. The van der Waals surface area contributed by atoms with Gasteiger partial charge in [0.25, 0.3) is 11.8 Å². The molecule has 13 heteroatoms. The number of rotatable bonds is 9. The fourth-order valence-electron chi connectivity index (χ4n) is 9.88. The standard InChI is InChI=1S/C48H38ClF2N3O7/c1-60-34-18-22-41(61-2)27(23-34)6-3-26-4-16-33(17-5-26)53-44(56)36-20-19-35-37(42(36)46(53)58)25-38-45(57)54(52-32-14-12-31(50)13-15-32)47(59)48(38,29-8-10-30(49)11-9-29)43(35)28-7-21-40(55)39(51)24-28/h3-19,21-24,36-38,42-43,52,55H,20,25H2,1-2H3/t36-,37+,38-,42-,43-,48+/m0/s1. The Morgan fingerprint density at radius 1 is 0.803 bits per heavy atom. The highest BCUT2D eigenvalue weighted by atomic mass is 35.5. The predicted octanol–water partition coefficient (Wildman–Crippen LogP) is 8.70. The lowest BCUT2D eigenvalue weighted by molar-refractivity contribution is -0.138. The molecule has 0 spiro atoms. The lowest BCUT2D eigenvalue weighted by Gasteiger charge is -2.50. The number of anilines is 2. The number of imide groups is 2. The summed E-state index contributed by atoms with van der Waals surface area (Å²) in [5.41, 5.74) is 4.76. The molecule has 4 aliphatic rings. The van der Waals surface area contributed by atoms with Crippen LogP contribution in [0.3, 0.4) is 0 Å². The van der Waals surface area contributed by atoms with E-state index in [1.165, 1.54) is 41.3 Å². The Morgan fingerprint density at radius 3 is 2.23 bits per heavy atom. The molecule has 2 saturated heterocycles. The summed E-state index contributed by atoms with van der Waals surface area (Å²) in [6.07, 6.45) is 5.76. The lowest BCUT2D eigenvalue weighted by Crippen LogP contribution is -2.53. The van der Waals surface area contributed by atoms with E-state index in [1.54, 1.807) is 68.8 Å². The Kier molecular flexibility index (Phi) is 9.98. The van der Waals surface area contributed by atoms with Crippen LogP contribution in [0.15, 0.2) is 121 Å². The number of nitrogens with one attached hydrogen (secondary N) is 1. The molecule has 2 heterocycles. The van der Waals surface area contributed by atoms with Gasteiger partial charge < -0.3 is 14.6 Å². The van der Waals surface area contributed by atoms with Gasteiger partial charge in [0.15, 0.2) is 11.6 Å². The van der Waals surface area contributed by atoms with Gasteiger partial charge in [-0.05, 0) is 114 Å². The van der Waals surface area contributed by atoms with Crippen molar-refractivity contribution >= 4 is 58.8 Å². The van der Waals surface area contributed by atoms with E-state index in [2.05, 4.69) is 5.43 Å². The smallest absolute Gasteiger partial charge is 0.260 e. The molecule has 0 unspecified atom stereocenters. The number of allylic oxidation sites excluding steroid dienone is 2. The minimum absolute atomic E-state index is 0.00316. The van der Waals surface area contributed by atoms with Gasteiger partial charge in [0.2, 0.25) is 11.8 Å². The fourth-order valence-corrected chi connectivity index (χ4v) is 10.0. The molecule has 308 valence electrons. The first-order valence-electron chi connectivity index (χ1n) is 19.7. The summed E-state index contributed by atoms with van der Waals surface area (Å²) in [5.74, 6) is -7.35. The number of phenols is 1. The van der Waals surface area contributed by atoms with E-state index in [9.17, 15) is 23.9 Å². The number of phenolic OH excluding ortho intramolecular Hbond substituents is 1. The Hall–Kier alpha value is -6.79. The molecule has 61 heavy (non-hydrogen) atoms. The quantitative estimate of drug-likeness (QED) is 0.0859. The van der Waals surface area contributed by atoms with Crippen molar-refractivity contribution in [2.45, 2.75) is 24.2 Å². The zero-order valence-corrected chi connectivity index (χ0v) is 33.6. The summed E-state index contributed by atoms with van der Waals surface area (Å²) in [5, 5.41) is 11.6. The van der Waals surface area contributed by atoms with Gasteiger partial charge in [-0.1, -0.05) is 65.7 Å². The summed E-state index contributed by atoms with van der Waals surface area (Å²) >= 11 is 6.35. The summed E-state index contributed by atoms with van der Waals surface area (Å²) in [6, 6.07) is 28.0. The molecular weight excluding hydrogens is 804 g/mol. The summed E-state index contributed by atoms with van der Waals surface area (Å²) in [7, 11) is 3.16. The van der Waals surface area contributed by atoms with E-state index >= 15 is 9.18 Å². The van der Waals surface area contributed by atoms with Crippen molar-refractivity contribution in [1.82, 2.24) is 5.01 Å². The van der Waals surface area contributed by atoms with Gasteiger partial charge in [0, 0.05) is 16.5 Å². The molecule has 0 bridgehead atoms. The minimum atomic E-state index is -1.70. The molecule has 2 N–H and O–H groups in total. The van der Waals surface area contributed by atoms with Crippen molar-refractivity contribution in [3.05, 3.63) is 160 Å². The van der Waals surface area contributed by atoms with Crippen LogP contribution in [0.5, 0.6) is 17.2 Å². The van der Waals surface area contributed by atoms with E-state index in [0.717, 1.165) is 22.2 Å². The second kappa shape index (κ2) is 15.3. The molecule has 6 atom stereocenters. The van der Waals surface area contributed by atoms with Gasteiger partial charge in [-0.25, -0.2) is 8.78 Å². The molecule has 5 aromatic carbocycles. The van der Waals surface area contributed by atoms with Crippen LogP contribution in [-0.4, -0.2) is 48.0 Å². The van der Waals surface area contributed by atoms with Crippen LogP contribution in [0.25, 0.3) is 12.2 Å². The molecule has 3 fully saturated rings. The SMILES string of the molecule is COc1ccc(OC)c(C=Cc2ccc(N3C(=O)[C@H]4[C@H](CC=C5[C@H]4C[C@H]4C(=O)N(Nc6ccc(F)cc6)C(=O)[C@@]4(c4ccc(Cl)cc4)[C@H]5c4ccc(O)c(F)c4)C3=O)cc2)c1. The number of carbonyl (C=O) groups excluding carboxylic acids is 4. The third-order valence-electron chi connectivity index (χ3n) is 12.6. The van der Waals surface area contributed by atoms with E-state index in [0.29, 0.717) is 38.9 Å². The van der Waals surface area contributed by atoms with Crippen LogP contribution in [0.4, 0.5) is 20.2 Å². The number of methoxy groups -OCH3 is 2. The number of fused-ring (bicyclic) bond motifs is 4. The maximum absolute atomic E-state index is 15.4. The maximum atomic E-state index is 15.4. The second-order valence-corrected chi connectivity index (χ2v) is 16.1.